The zero-order chi connectivity index (χ0) is 12.3. The normalized spacial score (nSPS) is 31.4. The van der Waals surface area contributed by atoms with Crippen molar-refractivity contribution in [2.24, 2.45) is 5.92 Å². The lowest BCUT2D eigenvalue weighted by Crippen LogP contribution is -2.52. The summed E-state index contributed by atoms with van der Waals surface area (Å²) < 4.78 is 0. The first-order valence-corrected chi connectivity index (χ1v) is 7.31. The Labute approximate surface area is 110 Å². The number of nitrogens with one attached hydrogen (secondary N) is 2. The molecule has 1 saturated carbocycles. The minimum absolute atomic E-state index is 0.549. The van der Waals surface area contributed by atoms with E-state index < -0.39 is 0 Å². The molecule has 2 atom stereocenters. The highest BCUT2D eigenvalue weighted by Gasteiger charge is 2.25. The van der Waals surface area contributed by atoms with Gasteiger partial charge in [-0.25, -0.2) is 0 Å². The van der Waals surface area contributed by atoms with Crippen molar-refractivity contribution in [2.75, 3.05) is 20.1 Å². The summed E-state index contributed by atoms with van der Waals surface area (Å²) in [6.45, 7) is 4.66. The molecule has 17 heavy (non-hydrogen) atoms. The first-order chi connectivity index (χ1) is 8.15. The molecule has 0 bridgehead atoms. The van der Waals surface area contributed by atoms with Crippen LogP contribution in [0.3, 0.4) is 0 Å². The van der Waals surface area contributed by atoms with Gasteiger partial charge in [-0.05, 0) is 51.0 Å². The minimum Gasteiger partial charge on any atom is -0.360 e. The van der Waals surface area contributed by atoms with Crippen molar-refractivity contribution in [3.8, 4) is 0 Å². The minimum atomic E-state index is 0.549. The van der Waals surface area contributed by atoms with Crippen LogP contribution in [0.4, 0.5) is 0 Å². The second-order valence-electron chi connectivity index (χ2n) is 5.73. The molecule has 0 aromatic carbocycles. The maximum absolute atomic E-state index is 5.42. The third-order valence-corrected chi connectivity index (χ3v) is 4.35. The van der Waals surface area contributed by atoms with Crippen LogP contribution in [0.25, 0.3) is 0 Å². The van der Waals surface area contributed by atoms with Gasteiger partial charge in [0.1, 0.15) is 0 Å². The van der Waals surface area contributed by atoms with Crippen LogP contribution >= 0.6 is 12.2 Å². The molecule has 0 aromatic heterocycles. The van der Waals surface area contributed by atoms with Gasteiger partial charge in [0.05, 0.1) is 0 Å². The van der Waals surface area contributed by atoms with E-state index in [9.17, 15) is 0 Å². The van der Waals surface area contributed by atoms with E-state index >= 15 is 0 Å². The van der Waals surface area contributed by atoms with E-state index in [4.69, 9.17) is 12.2 Å². The molecule has 2 N–H and O–H groups in total. The van der Waals surface area contributed by atoms with Crippen LogP contribution in [0, 0.1) is 5.92 Å². The monoisotopic (exact) mass is 255 g/mol. The molecule has 1 aliphatic carbocycles. The third-order valence-electron chi connectivity index (χ3n) is 4.12. The van der Waals surface area contributed by atoms with Crippen LogP contribution in [0.1, 0.15) is 39.0 Å². The van der Waals surface area contributed by atoms with Gasteiger partial charge < -0.3 is 15.5 Å². The zero-order valence-corrected chi connectivity index (χ0v) is 11.9. The van der Waals surface area contributed by atoms with Crippen molar-refractivity contribution >= 4 is 17.3 Å². The predicted octanol–water partition coefficient (Wildman–Crippen LogP) is 1.73. The van der Waals surface area contributed by atoms with Crippen LogP contribution in [0.5, 0.6) is 0 Å². The molecule has 98 valence electrons. The first-order valence-electron chi connectivity index (χ1n) is 6.90. The van der Waals surface area contributed by atoms with E-state index in [1.165, 1.54) is 45.2 Å². The van der Waals surface area contributed by atoms with Gasteiger partial charge >= 0.3 is 0 Å². The van der Waals surface area contributed by atoms with E-state index in [-0.39, 0.29) is 0 Å². The summed E-state index contributed by atoms with van der Waals surface area (Å²) in [5.41, 5.74) is 0. The molecule has 4 heteroatoms. The fraction of sp³-hybridized carbons (Fsp3) is 0.923. The summed E-state index contributed by atoms with van der Waals surface area (Å²) in [6.07, 6.45) is 6.47. The Balaban J connectivity index is 1.73. The SMILES string of the molecule is CC1CN(C)CCC1NC(=S)NC1CCCC1. The van der Waals surface area contributed by atoms with Crippen LogP contribution in [0.15, 0.2) is 0 Å². The van der Waals surface area contributed by atoms with Gasteiger partial charge in [-0.1, -0.05) is 19.8 Å². The summed E-state index contributed by atoms with van der Waals surface area (Å²) in [4.78, 5) is 2.40. The number of piperidine rings is 1. The maximum Gasteiger partial charge on any atom is 0.166 e. The Morgan fingerprint density at radius 1 is 1.18 bits per heavy atom. The Morgan fingerprint density at radius 3 is 2.53 bits per heavy atom. The van der Waals surface area contributed by atoms with Gasteiger partial charge in [-0.15, -0.1) is 0 Å². The average Bonchev–Trinajstić information content (AvgIpc) is 2.75. The summed E-state index contributed by atoms with van der Waals surface area (Å²) in [6, 6.07) is 1.17. The first kappa shape index (κ1) is 13.1. The second-order valence-corrected chi connectivity index (χ2v) is 6.14. The van der Waals surface area contributed by atoms with Crippen molar-refractivity contribution in [1.29, 1.82) is 0 Å². The Kier molecular flexibility index (Phi) is 4.62. The highest BCUT2D eigenvalue weighted by atomic mass is 32.1. The lowest BCUT2D eigenvalue weighted by molar-refractivity contribution is 0.187. The smallest absolute Gasteiger partial charge is 0.166 e. The van der Waals surface area contributed by atoms with Gasteiger partial charge in [0.25, 0.3) is 0 Å². The number of nitrogens with zero attached hydrogens (tertiary/aromatic N) is 1. The third kappa shape index (κ3) is 3.81. The second kappa shape index (κ2) is 6.01. The van der Waals surface area contributed by atoms with Crippen molar-refractivity contribution in [3.05, 3.63) is 0 Å². The summed E-state index contributed by atoms with van der Waals surface area (Å²) in [5, 5.41) is 7.85. The average molecular weight is 255 g/mol. The maximum atomic E-state index is 5.42. The van der Waals surface area contributed by atoms with Gasteiger partial charge in [-0.2, -0.15) is 0 Å². The zero-order valence-electron chi connectivity index (χ0n) is 11.0. The van der Waals surface area contributed by atoms with Gasteiger partial charge in [-0.3, -0.25) is 0 Å². The molecule has 0 spiro atoms. The molecule has 1 saturated heterocycles. The van der Waals surface area contributed by atoms with Crippen molar-refractivity contribution in [2.45, 2.75) is 51.1 Å². The molecule has 0 aromatic rings. The van der Waals surface area contributed by atoms with Gasteiger partial charge in [0.15, 0.2) is 5.11 Å². The van der Waals surface area contributed by atoms with Crippen LogP contribution in [-0.2, 0) is 0 Å². The molecule has 0 amide bonds. The van der Waals surface area contributed by atoms with Crippen molar-refractivity contribution < 1.29 is 0 Å². The Bertz CT molecular complexity index is 263. The topological polar surface area (TPSA) is 27.3 Å². The molecule has 1 aliphatic heterocycles. The van der Waals surface area contributed by atoms with Gasteiger partial charge in [0.2, 0.25) is 0 Å². The summed E-state index contributed by atoms with van der Waals surface area (Å²) in [7, 11) is 2.20. The number of thiocarbonyl (C=S) groups is 1. The molecule has 2 fully saturated rings. The largest absolute Gasteiger partial charge is 0.360 e. The molecule has 2 unspecified atom stereocenters. The lowest BCUT2D eigenvalue weighted by atomic mass is 9.94. The molecule has 2 rings (SSSR count). The molecular weight excluding hydrogens is 230 g/mol. The van der Waals surface area contributed by atoms with Crippen LogP contribution in [0.2, 0.25) is 0 Å². The number of rotatable bonds is 2. The van der Waals surface area contributed by atoms with E-state index in [1.807, 2.05) is 0 Å². The molecule has 2 aliphatic rings. The number of hydrogen-bond acceptors (Lipinski definition) is 2. The van der Waals surface area contributed by atoms with Crippen LogP contribution in [-0.4, -0.2) is 42.2 Å². The van der Waals surface area contributed by atoms with E-state index in [2.05, 4.69) is 29.5 Å². The quantitative estimate of drug-likeness (QED) is 0.735. The molecule has 0 radical (unpaired) electrons. The lowest BCUT2D eigenvalue weighted by Gasteiger charge is -2.36. The molecule has 1 heterocycles. The van der Waals surface area contributed by atoms with Crippen molar-refractivity contribution in [3.63, 3.8) is 0 Å². The van der Waals surface area contributed by atoms with Crippen molar-refractivity contribution in [1.82, 2.24) is 15.5 Å². The Hall–Kier alpha value is -0.350. The van der Waals surface area contributed by atoms with E-state index in [0.29, 0.717) is 18.0 Å². The number of hydrogen-bond donors (Lipinski definition) is 2. The summed E-state index contributed by atoms with van der Waals surface area (Å²) in [5.74, 6) is 0.678. The van der Waals surface area contributed by atoms with Gasteiger partial charge in [0, 0.05) is 18.6 Å². The molecule has 3 nitrogen and oxygen atoms in total. The van der Waals surface area contributed by atoms with E-state index in [1.54, 1.807) is 0 Å². The molecular formula is C13H25N3S. The summed E-state index contributed by atoms with van der Waals surface area (Å²) >= 11 is 5.42. The highest BCUT2D eigenvalue weighted by Crippen LogP contribution is 2.18. The highest BCUT2D eigenvalue weighted by molar-refractivity contribution is 7.80. The number of likely N-dealkylation sites (tertiary alicyclic amines) is 1. The predicted molar refractivity (Wildman–Crippen MR) is 76.2 cm³/mol. The fourth-order valence-corrected chi connectivity index (χ4v) is 3.35. The fourth-order valence-electron chi connectivity index (χ4n) is 3.03. The van der Waals surface area contributed by atoms with E-state index in [0.717, 1.165) is 5.11 Å². The standard InChI is InChI=1S/C13H25N3S/c1-10-9-16(2)8-7-12(10)15-13(17)14-11-5-3-4-6-11/h10-12H,3-9H2,1-2H3,(H2,14,15,17). The van der Waals surface area contributed by atoms with Crippen LogP contribution < -0.4 is 10.6 Å². The Morgan fingerprint density at radius 2 is 1.88 bits per heavy atom.